The predicted molar refractivity (Wildman–Crippen MR) is 68.2 cm³/mol. The molecular weight excluding hydrogens is 240 g/mol. The van der Waals surface area contributed by atoms with Crippen LogP contribution in [0, 0.1) is 22.7 Å². The highest BCUT2D eigenvalue weighted by Gasteiger charge is 2.00. The molecule has 0 spiro atoms. The van der Waals surface area contributed by atoms with Crippen LogP contribution >= 0.6 is 0 Å². The van der Waals surface area contributed by atoms with Crippen molar-refractivity contribution in [3.05, 3.63) is 48.0 Å². The summed E-state index contributed by atoms with van der Waals surface area (Å²) in [6.45, 7) is 1.24. The van der Waals surface area contributed by atoms with Gasteiger partial charge in [-0.25, -0.2) is 4.98 Å². The highest BCUT2D eigenvalue weighted by atomic mass is 16.5. The second kappa shape index (κ2) is 6.23. The van der Waals surface area contributed by atoms with Gasteiger partial charge in [-0.3, -0.25) is 0 Å². The Morgan fingerprint density at radius 2 is 1.95 bits per heavy atom. The van der Waals surface area contributed by atoms with E-state index in [9.17, 15) is 0 Å². The van der Waals surface area contributed by atoms with E-state index in [0.717, 1.165) is 12.2 Å². The first-order valence-corrected chi connectivity index (χ1v) is 5.87. The lowest BCUT2D eigenvalue weighted by Gasteiger charge is -2.07. The first kappa shape index (κ1) is 12.7. The van der Waals surface area contributed by atoms with Crippen molar-refractivity contribution in [3.63, 3.8) is 0 Å². The lowest BCUT2D eigenvalue weighted by Crippen LogP contribution is -2.05. The van der Waals surface area contributed by atoms with Crippen molar-refractivity contribution in [1.82, 2.24) is 9.55 Å². The maximum atomic E-state index is 8.80. The zero-order valence-electron chi connectivity index (χ0n) is 10.3. The predicted octanol–water partition coefficient (Wildman–Crippen LogP) is 2.10. The first-order chi connectivity index (χ1) is 9.33. The van der Waals surface area contributed by atoms with Crippen LogP contribution in [0.2, 0.25) is 0 Å². The highest BCUT2D eigenvalue weighted by Crippen LogP contribution is 2.11. The second-order valence-electron chi connectivity index (χ2n) is 3.89. The van der Waals surface area contributed by atoms with Crippen molar-refractivity contribution in [3.8, 4) is 17.9 Å². The molecule has 2 rings (SSSR count). The van der Waals surface area contributed by atoms with Gasteiger partial charge in [0.25, 0.3) is 0 Å². The lowest BCUT2D eigenvalue weighted by atomic mass is 10.2. The Labute approximate surface area is 111 Å². The summed E-state index contributed by atoms with van der Waals surface area (Å²) in [7, 11) is 0. The molecule has 1 aromatic carbocycles. The molecule has 0 atom stereocenters. The molecule has 1 heterocycles. The Balaban J connectivity index is 1.78. The summed E-state index contributed by atoms with van der Waals surface area (Å²) >= 11 is 0. The highest BCUT2D eigenvalue weighted by molar-refractivity contribution is 5.34. The maximum absolute atomic E-state index is 8.80. The molecule has 0 amide bonds. The number of nitrogens with zero attached hydrogens (tertiary/aromatic N) is 4. The van der Waals surface area contributed by atoms with Crippen LogP contribution in [0.25, 0.3) is 0 Å². The summed E-state index contributed by atoms with van der Waals surface area (Å²) in [6, 6.07) is 11.1. The van der Waals surface area contributed by atoms with E-state index in [1.54, 1.807) is 41.2 Å². The fraction of sp³-hybridized carbons (Fsp3) is 0.214. The Hall–Kier alpha value is -2.79. The largest absolute Gasteiger partial charge is 0.494 e. The van der Waals surface area contributed by atoms with Crippen LogP contribution in [0.1, 0.15) is 17.8 Å². The smallest absolute Gasteiger partial charge is 0.212 e. The Morgan fingerprint density at radius 3 is 2.63 bits per heavy atom. The van der Waals surface area contributed by atoms with Gasteiger partial charge in [0, 0.05) is 18.9 Å². The minimum atomic E-state index is 0.415. The molecule has 0 saturated carbocycles. The molecule has 0 radical (unpaired) electrons. The van der Waals surface area contributed by atoms with Crippen LogP contribution < -0.4 is 4.74 Å². The molecule has 0 fully saturated rings. The number of benzene rings is 1. The molecule has 0 aliphatic rings. The molecule has 2 aromatic rings. The molecule has 0 aliphatic heterocycles. The molecule has 19 heavy (non-hydrogen) atoms. The Bertz CT molecular complexity index is 616. The van der Waals surface area contributed by atoms with Gasteiger partial charge in [-0.1, -0.05) is 0 Å². The van der Waals surface area contributed by atoms with Crippen LogP contribution in [-0.4, -0.2) is 16.2 Å². The monoisotopic (exact) mass is 252 g/mol. The molecule has 1 aromatic heterocycles. The first-order valence-electron chi connectivity index (χ1n) is 5.87. The molecule has 0 N–H and O–H groups in total. The van der Waals surface area contributed by atoms with E-state index in [1.807, 2.05) is 6.07 Å². The van der Waals surface area contributed by atoms with Gasteiger partial charge in [0.2, 0.25) is 5.82 Å². The fourth-order valence-electron chi connectivity index (χ4n) is 1.65. The lowest BCUT2D eigenvalue weighted by molar-refractivity contribution is 0.301. The fourth-order valence-corrected chi connectivity index (χ4v) is 1.65. The van der Waals surface area contributed by atoms with Gasteiger partial charge in [-0.15, -0.1) is 0 Å². The van der Waals surface area contributed by atoms with Gasteiger partial charge >= 0.3 is 0 Å². The summed E-state index contributed by atoms with van der Waals surface area (Å²) < 4.78 is 7.35. The summed E-state index contributed by atoms with van der Waals surface area (Å²) in [5.41, 5.74) is 0.615. The molecule has 5 nitrogen and oxygen atoms in total. The van der Waals surface area contributed by atoms with Gasteiger partial charge in [0.15, 0.2) is 0 Å². The van der Waals surface area contributed by atoms with Gasteiger partial charge in [-0.2, -0.15) is 10.5 Å². The minimum Gasteiger partial charge on any atom is -0.494 e. The zero-order valence-corrected chi connectivity index (χ0v) is 10.3. The SMILES string of the molecule is N#Cc1ccc(OCCCn2ccnc2C#N)cc1. The van der Waals surface area contributed by atoms with Crippen LogP contribution in [0.15, 0.2) is 36.7 Å². The van der Waals surface area contributed by atoms with Gasteiger partial charge in [0.1, 0.15) is 11.8 Å². The van der Waals surface area contributed by atoms with Gasteiger partial charge in [-0.05, 0) is 30.7 Å². The van der Waals surface area contributed by atoms with Crippen LogP contribution in [0.4, 0.5) is 0 Å². The average molecular weight is 252 g/mol. The standard InChI is InChI=1S/C14H12N4O/c15-10-12-2-4-13(5-3-12)19-9-1-7-18-8-6-17-14(18)11-16/h2-6,8H,1,7,9H2. The maximum Gasteiger partial charge on any atom is 0.212 e. The van der Waals surface area contributed by atoms with Crippen molar-refractivity contribution in [2.45, 2.75) is 13.0 Å². The van der Waals surface area contributed by atoms with Crippen molar-refractivity contribution in [1.29, 1.82) is 10.5 Å². The molecule has 0 aliphatic carbocycles. The number of rotatable bonds is 5. The summed E-state index contributed by atoms with van der Waals surface area (Å²) in [4.78, 5) is 3.92. The number of nitriles is 2. The minimum absolute atomic E-state index is 0.415. The Morgan fingerprint density at radius 1 is 1.16 bits per heavy atom. The number of imidazole rings is 1. The number of aromatic nitrogens is 2. The molecule has 0 bridgehead atoms. The number of hydrogen-bond donors (Lipinski definition) is 0. The van der Waals surface area contributed by atoms with Crippen LogP contribution in [-0.2, 0) is 6.54 Å². The summed E-state index contributed by atoms with van der Waals surface area (Å²) in [5.74, 6) is 1.16. The van der Waals surface area contributed by atoms with Crippen LogP contribution in [0.5, 0.6) is 5.75 Å². The van der Waals surface area contributed by atoms with E-state index in [-0.39, 0.29) is 0 Å². The van der Waals surface area contributed by atoms with Crippen molar-refractivity contribution in [2.24, 2.45) is 0 Å². The van der Waals surface area contributed by atoms with Crippen LogP contribution in [0.3, 0.4) is 0 Å². The summed E-state index contributed by atoms with van der Waals surface area (Å²) in [6.07, 6.45) is 4.17. The third-order valence-electron chi connectivity index (χ3n) is 2.61. The third kappa shape index (κ3) is 3.34. The van der Waals surface area contributed by atoms with E-state index < -0.39 is 0 Å². The van der Waals surface area contributed by atoms with Crippen molar-refractivity contribution < 1.29 is 4.74 Å². The van der Waals surface area contributed by atoms with Crippen molar-refractivity contribution >= 4 is 0 Å². The quantitative estimate of drug-likeness (QED) is 0.764. The van der Waals surface area contributed by atoms with E-state index in [1.165, 1.54) is 0 Å². The average Bonchev–Trinajstić information content (AvgIpc) is 2.91. The van der Waals surface area contributed by atoms with Gasteiger partial charge < -0.3 is 9.30 Å². The normalized spacial score (nSPS) is 9.58. The molecule has 0 unspecified atom stereocenters. The molecule has 5 heteroatoms. The molecule has 94 valence electrons. The number of hydrogen-bond acceptors (Lipinski definition) is 4. The second-order valence-corrected chi connectivity index (χ2v) is 3.89. The van der Waals surface area contributed by atoms with E-state index in [2.05, 4.69) is 11.1 Å². The number of aryl methyl sites for hydroxylation is 1. The van der Waals surface area contributed by atoms with Gasteiger partial charge in [0.05, 0.1) is 18.2 Å². The zero-order chi connectivity index (χ0) is 13.5. The molecular formula is C14H12N4O. The Kier molecular flexibility index (Phi) is 4.15. The summed E-state index contributed by atoms with van der Waals surface area (Å²) in [5, 5.41) is 17.5. The number of ether oxygens (including phenoxy) is 1. The van der Waals surface area contributed by atoms with E-state index >= 15 is 0 Å². The third-order valence-corrected chi connectivity index (χ3v) is 2.61. The van der Waals surface area contributed by atoms with Crippen molar-refractivity contribution in [2.75, 3.05) is 6.61 Å². The topological polar surface area (TPSA) is 74.6 Å². The molecule has 0 saturated heterocycles. The van der Waals surface area contributed by atoms with E-state index in [4.69, 9.17) is 15.3 Å². The van der Waals surface area contributed by atoms with E-state index in [0.29, 0.717) is 24.5 Å².